The van der Waals surface area contributed by atoms with Crippen LogP contribution in [0.15, 0.2) is 0 Å². The first-order valence-corrected chi connectivity index (χ1v) is 4.74. The molecule has 2 saturated heterocycles. The van der Waals surface area contributed by atoms with Crippen molar-refractivity contribution in [2.24, 2.45) is 0 Å². The lowest BCUT2D eigenvalue weighted by Crippen LogP contribution is -2.33. The molecule has 2 bridgehead atoms. The highest BCUT2D eigenvalue weighted by molar-refractivity contribution is 5.66. The van der Waals surface area contributed by atoms with Crippen LogP contribution in [0.2, 0.25) is 0 Å². The van der Waals surface area contributed by atoms with E-state index in [0.29, 0.717) is 26.1 Å². The first-order valence-electron chi connectivity index (χ1n) is 4.74. The van der Waals surface area contributed by atoms with Crippen molar-refractivity contribution in [1.82, 2.24) is 0 Å². The Morgan fingerprint density at radius 2 is 2.07 bits per heavy atom. The van der Waals surface area contributed by atoms with Gasteiger partial charge in [0.1, 0.15) is 5.60 Å². The average molecular weight is 202 g/mol. The molecule has 0 amide bonds. The fraction of sp³-hybridized carbons (Fsp3) is 0.889. The maximum Gasteiger partial charge on any atom is 0.303 e. The summed E-state index contributed by atoms with van der Waals surface area (Å²) in [5.74, 6) is -1.76. The summed E-state index contributed by atoms with van der Waals surface area (Å²) in [6.45, 7) is 2.99. The first-order chi connectivity index (χ1) is 6.54. The zero-order valence-electron chi connectivity index (χ0n) is 8.12. The van der Waals surface area contributed by atoms with Gasteiger partial charge >= 0.3 is 5.97 Å². The second-order valence-electron chi connectivity index (χ2n) is 4.06. The van der Waals surface area contributed by atoms with E-state index in [4.69, 9.17) is 19.3 Å². The van der Waals surface area contributed by atoms with Crippen LogP contribution in [0, 0.1) is 0 Å². The van der Waals surface area contributed by atoms with Crippen LogP contribution in [0.25, 0.3) is 0 Å². The molecule has 2 heterocycles. The van der Waals surface area contributed by atoms with Crippen molar-refractivity contribution in [3.8, 4) is 0 Å². The normalized spacial score (nSPS) is 40.4. The minimum absolute atomic E-state index is 0.120. The minimum Gasteiger partial charge on any atom is -0.481 e. The van der Waals surface area contributed by atoms with Gasteiger partial charge in [0.05, 0.1) is 13.2 Å². The lowest BCUT2D eigenvalue weighted by molar-refractivity contribution is -0.302. The standard InChI is InChI=1S/C9H14O5/c1-8-5-12-9(14-8,13-6-8)4-2-3-7(10)11/h2-6H2,1H3,(H,10,11). The average Bonchev–Trinajstić information content (AvgIpc) is 2.57. The molecule has 0 spiro atoms. The molecule has 1 N–H and O–H groups in total. The molecule has 0 aromatic heterocycles. The van der Waals surface area contributed by atoms with E-state index in [-0.39, 0.29) is 12.0 Å². The number of carboxylic acid groups (broad SMARTS) is 1. The molecule has 2 rings (SSSR count). The van der Waals surface area contributed by atoms with Crippen molar-refractivity contribution in [2.75, 3.05) is 13.2 Å². The van der Waals surface area contributed by atoms with Crippen LogP contribution < -0.4 is 0 Å². The van der Waals surface area contributed by atoms with Gasteiger partial charge in [0.2, 0.25) is 0 Å². The van der Waals surface area contributed by atoms with Gasteiger partial charge in [-0.3, -0.25) is 4.79 Å². The van der Waals surface area contributed by atoms with Gasteiger partial charge in [0.25, 0.3) is 5.97 Å². The fourth-order valence-corrected chi connectivity index (χ4v) is 1.75. The van der Waals surface area contributed by atoms with Crippen molar-refractivity contribution < 1.29 is 24.1 Å². The Hall–Kier alpha value is -0.650. The Balaban J connectivity index is 1.84. The van der Waals surface area contributed by atoms with Gasteiger partial charge < -0.3 is 19.3 Å². The van der Waals surface area contributed by atoms with Crippen molar-refractivity contribution in [3.63, 3.8) is 0 Å². The number of aliphatic carboxylic acids is 1. The molecule has 2 fully saturated rings. The molecule has 80 valence electrons. The van der Waals surface area contributed by atoms with Crippen LogP contribution in [-0.2, 0) is 19.0 Å². The topological polar surface area (TPSA) is 65.0 Å². The smallest absolute Gasteiger partial charge is 0.303 e. The SMILES string of the molecule is CC12COC(CCCC(=O)O)(OC1)O2. The maximum atomic E-state index is 10.3. The van der Waals surface area contributed by atoms with Crippen LogP contribution in [0.3, 0.4) is 0 Å². The van der Waals surface area contributed by atoms with E-state index < -0.39 is 11.9 Å². The molecule has 2 aliphatic rings. The van der Waals surface area contributed by atoms with E-state index in [0.717, 1.165) is 0 Å². The summed E-state index contributed by atoms with van der Waals surface area (Å²) in [6, 6.07) is 0. The molecular weight excluding hydrogens is 188 g/mol. The van der Waals surface area contributed by atoms with Gasteiger partial charge in [-0.25, -0.2) is 0 Å². The highest BCUT2D eigenvalue weighted by Gasteiger charge is 2.55. The Labute approximate surface area is 81.9 Å². The van der Waals surface area contributed by atoms with E-state index in [2.05, 4.69) is 0 Å². The molecule has 0 atom stereocenters. The van der Waals surface area contributed by atoms with E-state index in [9.17, 15) is 4.79 Å². The van der Waals surface area contributed by atoms with E-state index in [1.54, 1.807) is 0 Å². The number of ether oxygens (including phenoxy) is 3. The van der Waals surface area contributed by atoms with Crippen molar-refractivity contribution in [1.29, 1.82) is 0 Å². The van der Waals surface area contributed by atoms with Crippen molar-refractivity contribution >= 4 is 5.97 Å². The van der Waals surface area contributed by atoms with Gasteiger partial charge in [0.15, 0.2) is 0 Å². The van der Waals surface area contributed by atoms with Crippen LogP contribution in [0.4, 0.5) is 0 Å². The molecule has 0 aromatic carbocycles. The molecule has 0 saturated carbocycles. The predicted octanol–water partition coefficient (Wildman–Crippen LogP) is 0.731. The molecule has 0 aromatic rings. The Bertz CT molecular complexity index is 242. The van der Waals surface area contributed by atoms with Crippen molar-refractivity contribution in [2.45, 2.75) is 37.8 Å². The number of rotatable bonds is 4. The predicted molar refractivity (Wildman–Crippen MR) is 45.6 cm³/mol. The Morgan fingerprint density at radius 1 is 1.43 bits per heavy atom. The lowest BCUT2D eigenvalue weighted by Gasteiger charge is -2.23. The summed E-state index contributed by atoms with van der Waals surface area (Å²) in [7, 11) is 0. The van der Waals surface area contributed by atoms with E-state index in [1.165, 1.54) is 0 Å². The third-order valence-corrected chi connectivity index (χ3v) is 2.47. The molecule has 2 aliphatic heterocycles. The second-order valence-corrected chi connectivity index (χ2v) is 4.06. The van der Waals surface area contributed by atoms with Crippen LogP contribution in [0.5, 0.6) is 0 Å². The first kappa shape index (κ1) is 9.89. The molecule has 0 aliphatic carbocycles. The van der Waals surface area contributed by atoms with Crippen LogP contribution in [0.1, 0.15) is 26.2 Å². The minimum atomic E-state index is -0.954. The van der Waals surface area contributed by atoms with Gasteiger partial charge in [-0.1, -0.05) is 0 Å². The summed E-state index contributed by atoms with van der Waals surface area (Å²) < 4.78 is 16.4. The molecule has 0 radical (unpaired) electrons. The van der Waals surface area contributed by atoms with Crippen LogP contribution >= 0.6 is 0 Å². The molecule has 14 heavy (non-hydrogen) atoms. The van der Waals surface area contributed by atoms with Gasteiger partial charge in [0, 0.05) is 12.8 Å². The molecular formula is C9H14O5. The summed E-state index contributed by atoms with van der Waals surface area (Å²) in [4.78, 5) is 10.3. The number of carbonyl (C=O) groups is 1. The van der Waals surface area contributed by atoms with Gasteiger partial charge in [-0.2, -0.15) is 0 Å². The number of hydrogen-bond acceptors (Lipinski definition) is 4. The van der Waals surface area contributed by atoms with Crippen LogP contribution in [-0.4, -0.2) is 35.9 Å². The zero-order valence-corrected chi connectivity index (χ0v) is 8.12. The summed E-state index contributed by atoms with van der Waals surface area (Å²) in [5, 5.41) is 8.48. The number of fused-ring (bicyclic) bond motifs is 2. The zero-order chi connectivity index (χ0) is 10.2. The molecule has 5 heteroatoms. The third kappa shape index (κ3) is 1.75. The number of carboxylic acids is 1. The van der Waals surface area contributed by atoms with Gasteiger partial charge in [-0.05, 0) is 13.3 Å². The maximum absolute atomic E-state index is 10.3. The third-order valence-electron chi connectivity index (χ3n) is 2.47. The lowest BCUT2D eigenvalue weighted by atomic mass is 10.1. The quantitative estimate of drug-likeness (QED) is 0.728. The van der Waals surface area contributed by atoms with E-state index >= 15 is 0 Å². The number of hydrogen-bond donors (Lipinski definition) is 1. The van der Waals surface area contributed by atoms with Crippen molar-refractivity contribution in [3.05, 3.63) is 0 Å². The highest BCUT2D eigenvalue weighted by atomic mass is 16.9. The molecule has 0 unspecified atom stereocenters. The van der Waals surface area contributed by atoms with E-state index in [1.807, 2.05) is 6.92 Å². The summed E-state index contributed by atoms with van der Waals surface area (Å²) in [5.41, 5.74) is -0.330. The summed E-state index contributed by atoms with van der Waals surface area (Å²) in [6.07, 6.45) is 1.11. The summed E-state index contributed by atoms with van der Waals surface area (Å²) >= 11 is 0. The Morgan fingerprint density at radius 3 is 2.50 bits per heavy atom. The fourth-order valence-electron chi connectivity index (χ4n) is 1.75. The largest absolute Gasteiger partial charge is 0.481 e. The highest BCUT2D eigenvalue weighted by Crippen LogP contribution is 2.42. The Kier molecular flexibility index (Phi) is 2.25. The monoisotopic (exact) mass is 202 g/mol. The second kappa shape index (κ2) is 3.18. The van der Waals surface area contributed by atoms with Gasteiger partial charge in [-0.15, -0.1) is 0 Å². The molecule has 5 nitrogen and oxygen atoms in total.